The standard InChI is InChI=1S/C33H33ClFN7O2Si/c1-45(2,3)16-15-44-22-40-32-14-11-26(35)19-29(32)37-33(40)28(17-23-7-5-4-6-8-23)31-12-9-24(20-42(31)43)27-18-25(34)10-13-30(27)41-21-36-38-39-41/h4-14,18-21,28H,15-17,22H2,1-3H3. The lowest BCUT2D eigenvalue weighted by molar-refractivity contribution is -0.614. The molecule has 0 fully saturated rings. The van der Waals surface area contributed by atoms with Gasteiger partial charge in [0.15, 0.2) is 6.20 Å². The summed E-state index contributed by atoms with van der Waals surface area (Å²) in [5.74, 6) is -0.212. The molecule has 0 amide bonds. The van der Waals surface area contributed by atoms with Crippen LogP contribution in [0.2, 0.25) is 30.7 Å². The minimum Gasteiger partial charge on any atom is -0.618 e. The summed E-state index contributed by atoms with van der Waals surface area (Å²) >= 11 is 6.37. The number of halogens is 2. The zero-order valence-corrected chi connectivity index (χ0v) is 27.0. The number of hydrogen-bond donors (Lipinski definition) is 0. The fourth-order valence-electron chi connectivity index (χ4n) is 5.37. The Morgan fingerprint density at radius 3 is 2.58 bits per heavy atom. The Morgan fingerprint density at radius 1 is 1.02 bits per heavy atom. The van der Waals surface area contributed by atoms with E-state index in [9.17, 15) is 9.60 Å². The predicted octanol–water partition coefficient (Wildman–Crippen LogP) is 6.79. The Morgan fingerprint density at radius 2 is 1.84 bits per heavy atom. The Hall–Kier alpha value is -4.45. The number of ether oxygens (including phenoxy) is 1. The second kappa shape index (κ2) is 12.9. The van der Waals surface area contributed by atoms with E-state index in [1.54, 1.807) is 24.3 Å². The molecule has 230 valence electrons. The van der Waals surface area contributed by atoms with Gasteiger partial charge < -0.3 is 14.5 Å². The maximum Gasteiger partial charge on any atom is 0.203 e. The molecule has 12 heteroatoms. The van der Waals surface area contributed by atoms with Crippen LogP contribution < -0.4 is 4.73 Å². The molecule has 3 aromatic carbocycles. The number of hydrogen-bond acceptors (Lipinski definition) is 6. The number of aromatic nitrogens is 7. The van der Waals surface area contributed by atoms with Crippen molar-refractivity contribution >= 4 is 30.7 Å². The van der Waals surface area contributed by atoms with Crippen LogP contribution in [0, 0.1) is 11.0 Å². The molecule has 0 bridgehead atoms. The van der Waals surface area contributed by atoms with Crippen molar-refractivity contribution < 1.29 is 13.9 Å². The van der Waals surface area contributed by atoms with Crippen LogP contribution in [0.5, 0.6) is 0 Å². The van der Waals surface area contributed by atoms with Crippen LogP contribution in [-0.4, -0.2) is 44.4 Å². The highest BCUT2D eigenvalue weighted by molar-refractivity contribution is 6.76. The first-order valence-electron chi connectivity index (χ1n) is 14.7. The molecule has 3 aromatic heterocycles. The molecule has 0 N–H and O–H groups in total. The summed E-state index contributed by atoms with van der Waals surface area (Å²) < 4.78 is 24.9. The minimum atomic E-state index is -1.31. The van der Waals surface area contributed by atoms with E-state index in [0.29, 0.717) is 51.9 Å². The van der Waals surface area contributed by atoms with E-state index < -0.39 is 14.0 Å². The van der Waals surface area contributed by atoms with Crippen LogP contribution in [0.4, 0.5) is 4.39 Å². The van der Waals surface area contributed by atoms with E-state index in [-0.39, 0.29) is 12.5 Å². The fraction of sp³-hybridized carbons (Fsp3) is 0.242. The normalized spacial score (nSPS) is 12.6. The van der Waals surface area contributed by atoms with Crippen molar-refractivity contribution in [3.05, 3.63) is 125 Å². The Labute approximate surface area is 266 Å². The number of nitrogens with zero attached hydrogens (tertiary/aromatic N) is 7. The van der Waals surface area contributed by atoms with Gasteiger partial charge in [0.25, 0.3) is 0 Å². The van der Waals surface area contributed by atoms with Gasteiger partial charge >= 0.3 is 0 Å². The molecule has 6 rings (SSSR count). The zero-order chi connectivity index (χ0) is 31.6. The van der Waals surface area contributed by atoms with Gasteiger partial charge in [-0.1, -0.05) is 61.6 Å². The van der Waals surface area contributed by atoms with Gasteiger partial charge in [-0.15, -0.1) is 5.10 Å². The summed E-state index contributed by atoms with van der Waals surface area (Å²) in [6, 6.07) is 24.6. The maximum atomic E-state index is 14.4. The van der Waals surface area contributed by atoms with Crippen molar-refractivity contribution in [2.24, 2.45) is 0 Å². The topological polar surface area (TPSA) is 97.6 Å². The molecule has 0 aliphatic carbocycles. The van der Waals surface area contributed by atoms with Crippen molar-refractivity contribution in [1.29, 1.82) is 0 Å². The van der Waals surface area contributed by atoms with Gasteiger partial charge in [-0.2, -0.15) is 9.41 Å². The van der Waals surface area contributed by atoms with Gasteiger partial charge in [0.05, 0.1) is 16.7 Å². The number of fused-ring (bicyclic) bond motifs is 1. The van der Waals surface area contributed by atoms with Crippen LogP contribution in [0.15, 0.2) is 91.4 Å². The van der Waals surface area contributed by atoms with Gasteiger partial charge in [0, 0.05) is 43.0 Å². The SMILES string of the molecule is C[Si](C)(C)CCOCn1c(C(Cc2ccccc2)c2ccc(-c3cc(Cl)ccc3-n3cnnn3)c[n+]2[O-])nc2cc(F)ccc21. The lowest BCUT2D eigenvalue weighted by Crippen LogP contribution is -2.35. The van der Waals surface area contributed by atoms with E-state index in [2.05, 4.69) is 35.2 Å². The number of tetrazole rings is 1. The highest BCUT2D eigenvalue weighted by atomic mass is 35.5. The van der Waals surface area contributed by atoms with Gasteiger partial charge in [-0.25, -0.2) is 9.37 Å². The lowest BCUT2D eigenvalue weighted by Gasteiger charge is -2.20. The van der Waals surface area contributed by atoms with E-state index in [4.69, 9.17) is 21.3 Å². The van der Waals surface area contributed by atoms with Crippen molar-refractivity contribution in [3.63, 3.8) is 0 Å². The molecular weight excluding hydrogens is 609 g/mol. The van der Waals surface area contributed by atoms with Gasteiger partial charge in [-0.05, 0) is 64.9 Å². The van der Waals surface area contributed by atoms with E-state index in [1.807, 2.05) is 47.0 Å². The predicted molar refractivity (Wildman–Crippen MR) is 174 cm³/mol. The molecule has 0 radical (unpaired) electrons. The Balaban J connectivity index is 1.45. The second-order valence-electron chi connectivity index (χ2n) is 12.2. The molecule has 0 saturated heterocycles. The third-order valence-electron chi connectivity index (χ3n) is 7.72. The molecule has 6 aromatic rings. The first-order valence-corrected chi connectivity index (χ1v) is 18.8. The second-order valence-corrected chi connectivity index (χ2v) is 18.3. The molecular formula is C33H33ClFN7O2Si. The van der Waals surface area contributed by atoms with Crippen LogP contribution >= 0.6 is 11.6 Å². The fourth-order valence-corrected chi connectivity index (χ4v) is 6.30. The van der Waals surface area contributed by atoms with E-state index in [0.717, 1.165) is 21.9 Å². The largest absolute Gasteiger partial charge is 0.618 e. The Bertz CT molecular complexity index is 1930. The molecule has 0 saturated carbocycles. The summed E-state index contributed by atoms with van der Waals surface area (Å²) in [6.07, 6.45) is 3.52. The van der Waals surface area contributed by atoms with Gasteiger partial charge in [-0.3, -0.25) is 0 Å². The molecule has 1 unspecified atom stereocenters. The quantitative estimate of drug-likeness (QED) is 0.0669. The first-order chi connectivity index (χ1) is 21.7. The van der Waals surface area contributed by atoms with E-state index >= 15 is 0 Å². The molecule has 9 nitrogen and oxygen atoms in total. The summed E-state index contributed by atoms with van der Waals surface area (Å²) in [4.78, 5) is 4.91. The van der Waals surface area contributed by atoms with Crippen LogP contribution in [-0.2, 0) is 17.9 Å². The average Bonchev–Trinajstić information content (AvgIpc) is 3.67. The highest BCUT2D eigenvalue weighted by Gasteiger charge is 2.29. The highest BCUT2D eigenvalue weighted by Crippen LogP contribution is 2.33. The van der Waals surface area contributed by atoms with Crippen LogP contribution in [0.25, 0.3) is 27.8 Å². The number of benzene rings is 3. The first kappa shape index (κ1) is 30.6. The summed E-state index contributed by atoms with van der Waals surface area (Å²) in [7, 11) is -1.31. The third kappa shape index (κ3) is 6.95. The molecule has 0 aliphatic heterocycles. The molecule has 0 aliphatic rings. The van der Waals surface area contributed by atoms with Crippen LogP contribution in [0.3, 0.4) is 0 Å². The molecule has 3 heterocycles. The molecule has 45 heavy (non-hydrogen) atoms. The smallest absolute Gasteiger partial charge is 0.203 e. The Kier molecular flexibility index (Phi) is 8.75. The van der Waals surface area contributed by atoms with Gasteiger partial charge in [0.2, 0.25) is 5.69 Å². The van der Waals surface area contributed by atoms with Gasteiger partial charge in [0.1, 0.15) is 30.6 Å². The van der Waals surface area contributed by atoms with Crippen molar-refractivity contribution in [2.45, 2.75) is 44.8 Å². The summed E-state index contributed by atoms with van der Waals surface area (Å²) in [6.45, 7) is 7.76. The monoisotopic (exact) mass is 641 g/mol. The van der Waals surface area contributed by atoms with Crippen molar-refractivity contribution in [1.82, 2.24) is 29.8 Å². The zero-order valence-electron chi connectivity index (χ0n) is 25.3. The lowest BCUT2D eigenvalue weighted by atomic mass is 9.93. The summed E-state index contributed by atoms with van der Waals surface area (Å²) in [5.41, 5.74) is 4.80. The van der Waals surface area contributed by atoms with E-state index in [1.165, 1.54) is 29.3 Å². The van der Waals surface area contributed by atoms with Crippen molar-refractivity contribution in [3.8, 4) is 16.8 Å². The molecule has 0 spiro atoms. The molecule has 1 atom stereocenters. The number of pyridine rings is 1. The number of imidazole rings is 1. The minimum absolute atomic E-state index is 0.238. The average molecular weight is 642 g/mol. The third-order valence-corrected chi connectivity index (χ3v) is 9.66. The van der Waals surface area contributed by atoms with Crippen LogP contribution in [0.1, 0.15) is 23.0 Å². The number of rotatable bonds is 11. The summed E-state index contributed by atoms with van der Waals surface area (Å²) in [5, 5.41) is 26.0. The maximum absolute atomic E-state index is 14.4. The van der Waals surface area contributed by atoms with Crippen molar-refractivity contribution in [2.75, 3.05) is 6.61 Å².